The number of fused-ring (bicyclic) bond motifs is 1. The van der Waals surface area contributed by atoms with Gasteiger partial charge in [0.25, 0.3) is 0 Å². The van der Waals surface area contributed by atoms with E-state index in [-0.39, 0.29) is 0 Å². The van der Waals surface area contributed by atoms with Gasteiger partial charge in [0.2, 0.25) is 0 Å². The lowest BCUT2D eigenvalue weighted by molar-refractivity contribution is -0.137. The van der Waals surface area contributed by atoms with Gasteiger partial charge in [0, 0.05) is 16.9 Å². The van der Waals surface area contributed by atoms with Crippen molar-refractivity contribution in [2.75, 3.05) is 6.61 Å². The molecule has 0 bridgehead atoms. The van der Waals surface area contributed by atoms with Crippen molar-refractivity contribution in [3.05, 3.63) is 35.2 Å². The van der Waals surface area contributed by atoms with Gasteiger partial charge in [-0.25, -0.2) is 0 Å². The summed E-state index contributed by atoms with van der Waals surface area (Å²) in [4.78, 5) is 0. The van der Waals surface area contributed by atoms with Crippen LogP contribution in [0.1, 0.15) is 37.9 Å². The van der Waals surface area contributed by atoms with Crippen molar-refractivity contribution in [2.24, 2.45) is 0 Å². The van der Waals surface area contributed by atoms with Crippen LogP contribution in [0.4, 0.5) is 0 Å². The van der Waals surface area contributed by atoms with Crippen molar-refractivity contribution in [1.82, 2.24) is 0 Å². The molecule has 0 amide bonds. The van der Waals surface area contributed by atoms with Gasteiger partial charge < -0.3 is 9.84 Å². The highest BCUT2D eigenvalue weighted by Crippen LogP contribution is 2.40. The van der Waals surface area contributed by atoms with Gasteiger partial charge in [-0.3, -0.25) is 0 Å². The van der Waals surface area contributed by atoms with Crippen molar-refractivity contribution >= 4 is 21.4 Å². The Morgan fingerprint density at radius 3 is 3.00 bits per heavy atom. The maximum Gasteiger partial charge on any atom is 0.109 e. The second-order valence-electron chi connectivity index (χ2n) is 5.21. The van der Waals surface area contributed by atoms with Crippen LogP contribution in [0.15, 0.2) is 29.6 Å². The summed E-state index contributed by atoms with van der Waals surface area (Å²) in [5, 5.41) is 14.0. The fraction of sp³-hybridized carbons (Fsp3) is 0.467. The molecular weight excluding hydrogens is 244 g/mol. The lowest BCUT2D eigenvalue weighted by atomic mass is 9.86. The van der Waals surface area contributed by atoms with Gasteiger partial charge in [-0.2, -0.15) is 0 Å². The van der Waals surface area contributed by atoms with Crippen LogP contribution in [0.25, 0.3) is 10.1 Å². The van der Waals surface area contributed by atoms with Crippen LogP contribution < -0.4 is 0 Å². The molecule has 0 spiro atoms. The number of rotatable bonds is 2. The van der Waals surface area contributed by atoms with Gasteiger partial charge in [-0.1, -0.05) is 18.2 Å². The van der Waals surface area contributed by atoms with E-state index in [4.69, 9.17) is 4.74 Å². The molecule has 0 saturated carbocycles. The van der Waals surface area contributed by atoms with Crippen LogP contribution in [-0.4, -0.2) is 17.3 Å². The molecule has 2 heterocycles. The van der Waals surface area contributed by atoms with Crippen molar-refractivity contribution in [1.29, 1.82) is 0 Å². The number of aliphatic hydroxyl groups excluding tert-OH is 1. The summed E-state index contributed by atoms with van der Waals surface area (Å²) in [5.41, 5.74) is 0.572. The molecule has 0 aliphatic carbocycles. The fourth-order valence-electron chi connectivity index (χ4n) is 2.73. The number of hydrogen-bond donors (Lipinski definition) is 1. The molecule has 1 aromatic heterocycles. The zero-order valence-electron chi connectivity index (χ0n) is 10.6. The summed E-state index contributed by atoms with van der Waals surface area (Å²) in [6, 6.07) is 8.22. The SMILES string of the molecule is CC1(C(O)c2cccc3ccsc23)CCCCO1. The summed E-state index contributed by atoms with van der Waals surface area (Å²) < 4.78 is 7.04. The Bertz CT molecular complexity index is 540. The summed E-state index contributed by atoms with van der Waals surface area (Å²) in [5.74, 6) is 0. The molecule has 1 aliphatic heterocycles. The maximum atomic E-state index is 10.7. The Kier molecular flexibility index (Phi) is 3.14. The molecule has 2 atom stereocenters. The van der Waals surface area contributed by atoms with E-state index in [9.17, 15) is 5.11 Å². The minimum atomic E-state index is -0.542. The molecule has 2 nitrogen and oxygen atoms in total. The van der Waals surface area contributed by atoms with E-state index in [1.54, 1.807) is 11.3 Å². The van der Waals surface area contributed by atoms with Crippen molar-refractivity contribution in [3.63, 3.8) is 0 Å². The molecule has 2 aromatic rings. The average molecular weight is 262 g/mol. The van der Waals surface area contributed by atoms with Crippen LogP contribution >= 0.6 is 11.3 Å². The highest BCUT2D eigenvalue weighted by Gasteiger charge is 2.37. The third-order valence-electron chi connectivity index (χ3n) is 3.88. The molecule has 1 saturated heterocycles. The first kappa shape index (κ1) is 12.2. The van der Waals surface area contributed by atoms with Gasteiger partial charge in [0.1, 0.15) is 6.10 Å². The Balaban J connectivity index is 2.00. The van der Waals surface area contributed by atoms with E-state index in [0.717, 1.165) is 31.4 Å². The van der Waals surface area contributed by atoms with Gasteiger partial charge in [-0.15, -0.1) is 11.3 Å². The molecule has 18 heavy (non-hydrogen) atoms. The Morgan fingerprint density at radius 2 is 2.22 bits per heavy atom. The first-order valence-corrected chi connectivity index (χ1v) is 7.37. The van der Waals surface area contributed by atoms with E-state index in [2.05, 4.69) is 17.5 Å². The zero-order chi connectivity index (χ0) is 12.6. The second-order valence-corrected chi connectivity index (χ2v) is 6.12. The molecule has 3 rings (SSSR count). The minimum Gasteiger partial charge on any atom is -0.385 e. The predicted octanol–water partition coefficient (Wildman–Crippen LogP) is 3.89. The molecule has 1 fully saturated rings. The maximum absolute atomic E-state index is 10.7. The molecule has 1 aliphatic rings. The lowest BCUT2D eigenvalue weighted by Crippen LogP contribution is -2.39. The first-order valence-electron chi connectivity index (χ1n) is 6.49. The quantitative estimate of drug-likeness (QED) is 0.889. The zero-order valence-corrected chi connectivity index (χ0v) is 11.4. The normalized spacial score (nSPS) is 26.3. The number of hydrogen-bond acceptors (Lipinski definition) is 3. The topological polar surface area (TPSA) is 29.5 Å². The number of thiophene rings is 1. The lowest BCUT2D eigenvalue weighted by Gasteiger charge is -2.38. The van der Waals surface area contributed by atoms with E-state index >= 15 is 0 Å². The Hall–Kier alpha value is -0.900. The van der Waals surface area contributed by atoms with Crippen molar-refractivity contribution in [3.8, 4) is 0 Å². The molecule has 2 unspecified atom stereocenters. The fourth-order valence-corrected chi connectivity index (χ4v) is 3.67. The van der Waals surface area contributed by atoms with E-state index < -0.39 is 11.7 Å². The third kappa shape index (κ3) is 1.96. The van der Waals surface area contributed by atoms with Crippen LogP contribution in [0.2, 0.25) is 0 Å². The highest BCUT2D eigenvalue weighted by molar-refractivity contribution is 7.17. The summed E-state index contributed by atoms with van der Waals surface area (Å²) in [6.07, 6.45) is 2.62. The van der Waals surface area contributed by atoms with Crippen molar-refractivity contribution < 1.29 is 9.84 Å². The smallest absolute Gasteiger partial charge is 0.109 e. The Labute approximate surface area is 111 Å². The second kappa shape index (κ2) is 4.65. The van der Waals surface area contributed by atoms with Gasteiger partial charge in [0.05, 0.1) is 5.60 Å². The Morgan fingerprint density at radius 1 is 1.33 bits per heavy atom. The van der Waals surface area contributed by atoms with E-state index in [0.29, 0.717) is 0 Å². The molecule has 1 N–H and O–H groups in total. The average Bonchev–Trinajstić information content (AvgIpc) is 2.87. The van der Waals surface area contributed by atoms with Crippen LogP contribution in [0.5, 0.6) is 0 Å². The largest absolute Gasteiger partial charge is 0.385 e. The first-order chi connectivity index (χ1) is 8.71. The van der Waals surface area contributed by atoms with E-state index in [1.165, 1.54) is 10.1 Å². The highest BCUT2D eigenvalue weighted by atomic mass is 32.1. The van der Waals surface area contributed by atoms with Gasteiger partial charge in [-0.05, 0) is 43.0 Å². The standard InChI is InChI=1S/C15H18O2S/c1-15(8-2-3-9-17-15)14(16)12-6-4-5-11-7-10-18-13(11)12/h4-7,10,14,16H,2-3,8-9H2,1H3. The summed E-state index contributed by atoms with van der Waals surface area (Å²) in [6.45, 7) is 2.79. The number of ether oxygens (including phenoxy) is 1. The summed E-state index contributed by atoms with van der Waals surface area (Å²) >= 11 is 1.69. The summed E-state index contributed by atoms with van der Waals surface area (Å²) in [7, 11) is 0. The van der Waals surface area contributed by atoms with Crippen LogP contribution in [-0.2, 0) is 4.74 Å². The number of benzene rings is 1. The molecule has 3 heteroatoms. The van der Waals surface area contributed by atoms with E-state index in [1.807, 2.05) is 19.1 Å². The van der Waals surface area contributed by atoms with Crippen molar-refractivity contribution in [2.45, 2.75) is 37.9 Å². The molecular formula is C15H18O2S. The molecule has 1 aromatic carbocycles. The van der Waals surface area contributed by atoms with Crippen LogP contribution in [0, 0.1) is 0 Å². The molecule has 96 valence electrons. The van der Waals surface area contributed by atoms with Gasteiger partial charge in [0.15, 0.2) is 0 Å². The number of aliphatic hydroxyl groups is 1. The van der Waals surface area contributed by atoms with Crippen LogP contribution in [0.3, 0.4) is 0 Å². The molecule has 0 radical (unpaired) electrons. The monoisotopic (exact) mass is 262 g/mol. The minimum absolute atomic E-state index is 0.434. The van der Waals surface area contributed by atoms with Gasteiger partial charge >= 0.3 is 0 Å². The predicted molar refractivity (Wildman–Crippen MR) is 75.0 cm³/mol. The third-order valence-corrected chi connectivity index (χ3v) is 4.86.